The van der Waals surface area contributed by atoms with Crippen LogP contribution in [0.4, 0.5) is 0 Å². The van der Waals surface area contributed by atoms with Gasteiger partial charge in [0.2, 0.25) is 5.91 Å². The van der Waals surface area contributed by atoms with Crippen LogP contribution in [0, 0.1) is 5.92 Å². The Morgan fingerprint density at radius 1 is 1.21 bits per heavy atom. The number of nitrogens with one attached hydrogen (secondary N) is 1. The fourth-order valence-corrected chi connectivity index (χ4v) is 3.52. The van der Waals surface area contributed by atoms with Crippen LogP contribution < -0.4 is 10.1 Å². The van der Waals surface area contributed by atoms with Gasteiger partial charge in [-0.3, -0.25) is 4.79 Å². The highest BCUT2D eigenvalue weighted by atomic mass is 16.5. The SMILES string of the molecule is CCn1c([C@H](CC(C)C)NC(=O)Cc2ccccc2OC)nc2cccnc21. The number of hydrogen-bond acceptors (Lipinski definition) is 4. The lowest BCUT2D eigenvalue weighted by Gasteiger charge is -2.21. The third-order valence-electron chi connectivity index (χ3n) is 4.75. The number of carbonyl (C=O) groups is 1. The highest BCUT2D eigenvalue weighted by Gasteiger charge is 2.23. The van der Waals surface area contributed by atoms with Gasteiger partial charge in [0.05, 0.1) is 19.6 Å². The first-order valence-corrected chi connectivity index (χ1v) is 9.75. The van der Waals surface area contributed by atoms with E-state index >= 15 is 0 Å². The van der Waals surface area contributed by atoms with Gasteiger partial charge in [-0.15, -0.1) is 0 Å². The molecule has 0 fully saturated rings. The van der Waals surface area contributed by atoms with Gasteiger partial charge in [-0.1, -0.05) is 32.0 Å². The van der Waals surface area contributed by atoms with E-state index in [0.29, 0.717) is 5.92 Å². The number of ether oxygens (including phenoxy) is 1. The summed E-state index contributed by atoms with van der Waals surface area (Å²) in [4.78, 5) is 22.1. The first-order valence-electron chi connectivity index (χ1n) is 9.75. The molecule has 2 heterocycles. The first-order chi connectivity index (χ1) is 13.5. The first kappa shape index (κ1) is 19.9. The molecule has 6 nitrogen and oxygen atoms in total. The fourth-order valence-electron chi connectivity index (χ4n) is 3.52. The number of carbonyl (C=O) groups excluding carboxylic acids is 1. The summed E-state index contributed by atoms with van der Waals surface area (Å²) in [7, 11) is 1.62. The molecule has 3 aromatic rings. The molecule has 3 rings (SSSR count). The van der Waals surface area contributed by atoms with Crippen LogP contribution in [0.5, 0.6) is 5.75 Å². The number of imidazole rings is 1. The molecule has 0 aliphatic rings. The maximum atomic E-state index is 12.8. The molecule has 148 valence electrons. The molecule has 0 saturated carbocycles. The summed E-state index contributed by atoms with van der Waals surface area (Å²) in [6, 6.07) is 11.3. The van der Waals surface area contributed by atoms with Crippen LogP contribution in [0.2, 0.25) is 0 Å². The average Bonchev–Trinajstić information content (AvgIpc) is 3.06. The van der Waals surface area contributed by atoms with E-state index in [4.69, 9.17) is 9.72 Å². The number of pyridine rings is 1. The topological polar surface area (TPSA) is 69.0 Å². The van der Waals surface area contributed by atoms with Crippen LogP contribution >= 0.6 is 0 Å². The summed E-state index contributed by atoms with van der Waals surface area (Å²) in [5.74, 6) is 1.95. The molecule has 1 aromatic carbocycles. The van der Waals surface area contributed by atoms with E-state index < -0.39 is 0 Å². The van der Waals surface area contributed by atoms with Gasteiger partial charge in [-0.2, -0.15) is 0 Å². The van der Waals surface area contributed by atoms with Crippen molar-refractivity contribution in [3.63, 3.8) is 0 Å². The largest absolute Gasteiger partial charge is 0.496 e. The molecule has 28 heavy (non-hydrogen) atoms. The Balaban J connectivity index is 1.88. The summed E-state index contributed by atoms with van der Waals surface area (Å²) >= 11 is 0. The molecule has 0 bridgehead atoms. The van der Waals surface area contributed by atoms with E-state index in [1.165, 1.54) is 0 Å². The second kappa shape index (κ2) is 8.87. The number of nitrogens with zero attached hydrogens (tertiary/aromatic N) is 3. The maximum Gasteiger partial charge on any atom is 0.225 e. The van der Waals surface area contributed by atoms with Gasteiger partial charge in [-0.25, -0.2) is 9.97 Å². The molecule has 1 amide bonds. The van der Waals surface area contributed by atoms with Crippen molar-refractivity contribution in [1.82, 2.24) is 19.9 Å². The second-order valence-corrected chi connectivity index (χ2v) is 7.30. The van der Waals surface area contributed by atoms with Gasteiger partial charge in [0.25, 0.3) is 0 Å². The average molecular weight is 380 g/mol. The highest BCUT2D eigenvalue weighted by molar-refractivity contribution is 5.80. The van der Waals surface area contributed by atoms with Crippen molar-refractivity contribution in [3.05, 3.63) is 54.0 Å². The number of hydrogen-bond donors (Lipinski definition) is 1. The number of fused-ring (bicyclic) bond motifs is 1. The standard InChI is InChI=1S/C22H28N4O2/c1-5-26-21-17(10-8-12-23-21)25-22(26)18(13-15(2)3)24-20(27)14-16-9-6-7-11-19(16)28-4/h6-12,15,18H,5,13-14H2,1-4H3,(H,24,27)/t18-/m0/s1. The molecule has 0 saturated heterocycles. The van der Waals surface area contributed by atoms with Crippen molar-refractivity contribution in [3.8, 4) is 5.75 Å². The quantitative estimate of drug-likeness (QED) is 0.643. The lowest BCUT2D eigenvalue weighted by molar-refractivity contribution is -0.121. The van der Waals surface area contributed by atoms with E-state index in [-0.39, 0.29) is 18.4 Å². The summed E-state index contributed by atoms with van der Waals surface area (Å²) in [6.45, 7) is 7.12. The zero-order valence-electron chi connectivity index (χ0n) is 17.0. The van der Waals surface area contributed by atoms with E-state index in [1.54, 1.807) is 13.3 Å². The molecule has 0 aliphatic carbocycles. The van der Waals surface area contributed by atoms with E-state index in [9.17, 15) is 4.79 Å². The summed E-state index contributed by atoms with van der Waals surface area (Å²) in [6.07, 6.45) is 2.85. The summed E-state index contributed by atoms with van der Waals surface area (Å²) in [5.41, 5.74) is 2.58. The molecular weight excluding hydrogens is 352 g/mol. The monoisotopic (exact) mass is 380 g/mol. The van der Waals surface area contributed by atoms with Gasteiger partial charge in [0, 0.05) is 18.3 Å². The Morgan fingerprint density at radius 3 is 2.71 bits per heavy atom. The number of rotatable bonds is 8. The minimum atomic E-state index is -0.170. The summed E-state index contributed by atoms with van der Waals surface area (Å²) in [5, 5.41) is 3.19. The molecule has 1 atom stereocenters. The van der Waals surface area contributed by atoms with Gasteiger partial charge in [0.1, 0.15) is 17.1 Å². The van der Waals surface area contributed by atoms with Crippen LogP contribution in [0.1, 0.15) is 44.6 Å². The number of amides is 1. The van der Waals surface area contributed by atoms with Crippen molar-refractivity contribution < 1.29 is 9.53 Å². The van der Waals surface area contributed by atoms with Gasteiger partial charge < -0.3 is 14.6 Å². The predicted molar refractivity (Wildman–Crippen MR) is 110 cm³/mol. The molecule has 0 aliphatic heterocycles. The smallest absolute Gasteiger partial charge is 0.225 e. The zero-order valence-corrected chi connectivity index (χ0v) is 17.0. The Labute approximate surface area is 166 Å². The summed E-state index contributed by atoms with van der Waals surface area (Å²) < 4.78 is 7.46. The van der Waals surface area contributed by atoms with Crippen LogP contribution in [0.3, 0.4) is 0 Å². The Morgan fingerprint density at radius 2 is 2.00 bits per heavy atom. The van der Waals surface area contributed by atoms with Gasteiger partial charge in [0.15, 0.2) is 5.65 Å². The number of para-hydroxylation sites is 1. The minimum absolute atomic E-state index is 0.0437. The van der Waals surface area contributed by atoms with Crippen LogP contribution in [-0.4, -0.2) is 27.6 Å². The van der Waals surface area contributed by atoms with Crippen molar-refractivity contribution >= 4 is 17.1 Å². The van der Waals surface area contributed by atoms with Crippen molar-refractivity contribution in [2.45, 2.75) is 46.2 Å². The molecule has 6 heteroatoms. The number of aryl methyl sites for hydroxylation is 1. The van der Waals surface area contributed by atoms with Crippen molar-refractivity contribution in [1.29, 1.82) is 0 Å². The molecule has 0 spiro atoms. The third kappa shape index (κ3) is 4.32. The number of benzene rings is 1. The Bertz CT molecular complexity index is 949. The van der Waals surface area contributed by atoms with Crippen LogP contribution in [0.25, 0.3) is 11.2 Å². The zero-order chi connectivity index (χ0) is 20.1. The number of aromatic nitrogens is 3. The lowest BCUT2D eigenvalue weighted by atomic mass is 10.0. The predicted octanol–water partition coefficient (Wildman–Crippen LogP) is 3.91. The molecule has 2 aromatic heterocycles. The van der Waals surface area contributed by atoms with E-state index in [2.05, 4.69) is 35.6 Å². The highest BCUT2D eigenvalue weighted by Crippen LogP contribution is 2.25. The van der Waals surface area contributed by atoms with E-state index in [1.807, 2.05) is 36.4 Å². The molecule has 0 radical (unpaired) electrons. The maximum absolute atomic E-state index is 12.8. The number of methoxy groups -OCH3 is 1. The van der Waals surface area contributed by atoms with E-state index in [0.717, 1.165) is 41.3 Å². The molecular formula is C22H28N4O2. The Hall–Kier alpha value is -2.89. The van der Waals surface area contributed by atoms with Crippen molar-refractivity contribution in [2.24, 2.45) is 5.92 Å². The third-order valence-corrected chi connectivity index (χ3v) is 4.75. The van der Waals surface area contributed by atoms with Crippen molar-refractivity contribution in [2.75, 3.05) is 7.11 Å². The van der Waals surface area contributed by atoms with Crippen LogP contribution in [-0.2, 0) is 17.8 Å². The lowest BCUT2D eigenvalue weighted by Crippen LogP contribution is -2.32. The second-order valence-electron chi connectivity index (χ2n) is 7.30. The minimum Gasteiger partial charge on any atom is -0.496 e. The van der Waals surface area contributed by atoms with Gasteiger partial charge >= 0.3 is 0 Å². The molecule has 1 N–H and O–H groups in total. The molecule has 0 unspecified atom stereocenters. The fraction of sp³-hybridized carbons (Fsp3) is 0.409. The van der Waals surface area contributed by atoms with Crippen LogP contribution in [0.15, 0.2) is 42.6 Å². The normalized spacial score (nSPS) is 12.3. The van der Waals surface area contributed by atoms with Gasteiger partial charge in [-0.05, 0) is 37.5 Å². The Kier molecular flexibility index (Phi) is 6.29.